The molecule has 0 aromatic rings. The molecule has 0 aliphatic carbocycles. The molecule has 56 valence electrons. The van der Waals surface area contributed by atoms with Crippen LogP contribution in [0.3, 0.4) is 0 Å². The first-order valence-corrected chi connectivity index (χ1v) is 3.06. The van der Waals surface area contributed by atoms with E-state index in [0.29, 0.717) is 11.7 Å². The second-order valence-corrected chi connectivity index (χ2v) is 2.16. The van der Waals surface area contributed by atoms with Crippen molar-refractivity contribution in [3.63, 3.8) is 0 Å². The van der Waals surface area contributed by atoms with Gasteiger partial charge in [-0.1, -0.05) is 0 Å². The molecule has 0 saturated carbocycles. The zero-order valence-corrected chi connectivity index (χ0v) is 6.22. The lowest BCUT2D eigenvalue weighted by Crippen LogP contribution is -2.15. The van der Waals surface area contributed by atoms with Gasteiger partial charge in [-0.3, -0.25) is 0 Å². The summed E-state index contributed by atoms with van der Waals surface area (Å²) in [5.74, 6) is 0. The highest BCUT2D eigenvalue weighted by Gasteiger charge is 2.00. The highest BCUT2D eigenvalue weighted by molar-refractivity contribution is 4.49. The molecule has 0 spiro atoms. The molecule has 9 heavy (non-hydrogen) atoms. The van der Waals surface area contributed by atoms with E-state index in [1.165, 1.54) is 7.05 Å². The Morgan fingerprint density at radius 3 is 2.56 bits per heavy atom. The maximum Gasteiger partial charge on any atom is 0.0556 e. The maximum absolute atomic E-state index is 12.0. The lowest BCUT2D eigenvalue weighted by atomic mass is 10.3. The molecule has 0 aromatic heterocycles. The third kappa shape index (κ3) is 5.73. The van der Waals surface area contributed by atoms with E-state index < -0.39 is 0 Å². The van der Waals surface area contributed by atoms with Crippen molar-refractivity contribution in [2.75, 3.05) is 20.7 Å². The minimum Gasteiger partial charge on any atom is -0.382 e. The third-order valence-corrected chi connectivity index (χ3v) is 1.25. The first kappa shape index (κ1) is 8.85. The Morgan fingerprint density at radius 2 is 2.22 bits per heavy atom. The molecule has 0 bridgehead atoms. The molecular formula is C6H14FNO. The van der Waals surface area contributed by atoms with E-state index in [1.807, 2.05) is 6.92 Å². The van der Waals surface area contributed by atoms with E-state index in [1.54, 1.807) is 7.11 Å². The predicted octanol–water partition coefficient (Wildman–Crippen LogP) is 1.23. The number of hydrogen-bond acceptors (Lipinski definition) is 2. The van der Waals surface area contributed by atoms with Crippen LogP contribution >= 0.6 is 0 Å². The molecule has 1 unspecified atom stereocenters. The summed E-state index contributed by atoms with van der Waals surface area (Å²) in [5, 5.41) is 0.662. The summed E-state index contributed by atoms with van der Waals surface area (Å²) in [7, 11) is 3.03. The van der Waals surface area contributed by atoms with Crippen LogP contribution in [0.15, 0.2) is 0 Å². The fourth-order valence-corrected chi connectivity index (χ4v) is 0.478. The lowest BCUT2D eigenvalue weighted by Gasteiger charge is -2.09. The standard InChI is InChI=1S/C6H14FNO/c1-6(9-3)4-5-8(2)7/h6H,4-5H2,1-3H3. The summed E-state index contributed by atoms with van der Waals surface area (Å²) in [4.78, 5) is 0. The smallest absolute Gasteiger partial charge is 0.0556 e. The summed E-state index contributed by atoms with van der Waals surface area (Å²) < 4.78 is 16.9. The van der Waals surface area contributed by atoms with Crippen molar-refractivity contribution in [3.8, 4) is 0 Å². The van der Waals surface area contributed by atoms with Crippen molar-refractivity contribution in [2.45, 2.75) is 19.4 Å². The van der Waals surface area contributed by atoms with Crippen LogP contribution in [0.5, 0.6) is 0 Å². The van der Waals surface area contributed by atoms with Crippen molar-refractivity contribution in [1.82, 2.24) is 5.12 Å². The fourth-order valence-electron chi connectivity index (χ4n) is 0.478. The third-order valence-electron chi connectivity index (χ3n) is 1.25. The number of rotatable bonds is 4. The molecule has 0 radical (unpaired) electrons. The quantitative estimate of drug-likeness (QED) is 0.537. The topological polar surface area (TPSA) is 12.5 Å². The Labute approximate surface area is 55.5 Å². The van der Waals surface area contributed by atoms with Gasteiger partial charge in [0, 0.05) is 20.7 Å². The molecule has 0 aliphatic heterocycles. The number of nitrogens with zero attached hydrogens (tertiary/aromatic N) is 1. The van der Waals surface area contributed by atoms with Crippen molar-refractivity contribution < 1.29 is 9.22 Å². The first-order chi connectivity index (χ1) is 4.16. The zero-order chi connectivity index (χ0) is 7.28. The number of halogens is 1. The molecular weight excluding hydrogens is 121 g/mol. The van der Waals surface area contributed by atoms with E-state index >= 15 is 0 Å². The Bertz CT molecular complexity index is 68.1. The van der Waals surface area contributed by atoms with Crippen LogP contribution in [0.25, 0.3) is 0 Å². The molecule has 0 heterocycles. The molecule has 0 saturated heterocycles. The van der Waals surface area contributed by atoms with Crippen LogP contribution < -0.4 is 0 Å². The van der Waals surface area contributed by atoms with Crippen LogP contribution in [0.1, 0.15) is 13.3 Å². The van der Waals surface area contributed by atoms with Crippen molar-refractivity contribution in [2.24, 2.45) is 0 Å². The summed E-state index contributed by atoms with van der Waals surface area (Å²) in [6.45, 7) is 2.36. The molecule has 0 fully saturated rings. The van der Waals surface area contributed by atoms with Gasteiger partial charge >= 0.3 is 0 Å². The Morgan fingerprint density at radius 1 is 1.67 bits per heavy atom. The van der Waals surface area contributed by atoms with Crippen molar-refractivity contribution in [1.29, 1.82) is 0 Å². The zero-order valence-electron chi connectivity index (χ0n) is 6.22. The van der Waals surface area contributed by atoms with E-state index in [2.05, 4.69) is 0 Å². The molecule has 0 aromatic carbocycles. The minimum atomic E-state index is 0.156. The number of ether oxygens (including phenoxy) is 1. The van der Waals surface area contributed by atoms with Gasteiger partial charge in [0.05, 0.1) is 6.10 Å². The van der Waals surface area contributed by atoms with Gasteiger partial charge in [-0.05, 0) is 13.3 Å². The van der Waals surface area contributed by atoms with Crippen molar-refractivity contribution in [3.05, 3.63) is 0 Å². The van der Waals surface area contributed by atoms with Gasteiger partial charge in [-0.2, -0.15) is 0 Å². The van der Waals surface area contributed by atoms with E-state index in [4.69, 9.17) is 4.74 Å². The van der Waals surface area contributed by atoms with Crippen LogP contribution in [0.4, 0.5) is 4.48 Å². The summed E-state index contributed by atoms with van der Waals surface area (Å²) in [6, 6.07) is 0. The van der Waals surface area contributed by atoms with Crippen LogP contribution in [-0.2, 0) is 4.74 Å². The molecule has 2 nitrogen and oxygen atoms in total. The van der Waals surface area contributed by atoms with Crippen molar-refractivity contribution >= 4 is 0 Å². The fraction of sp³-hybridized carbons (Fsp3) is 1.00. The van der Waals surface area contributed by atoms with Gasteiger partial charge < -0.3 is 4.74 Å². The second-order valence-electron chi connectivity index (χ2n) is 2.16. The van der Waals surface area contributed by atoms with E-state index in [-0.39, 0.29) is 6.10 Å². The highest BCUT2D eigenvalue weighted by Crippen LogP contribution is 1.96. The molecule has 1 atom stereocenters. The Kier molecular flexibility index (Phi) is 4.62. The minimum absolute atomic E-state index is 0.156. The average molecular weight is 135 g/mol. The van der Waals surface area contributed by atoms with Gasteiger partial charge in [0.25, 0.3) is 0 Å². The SMILES string of the molecule is COC(C)CCN(C)F. The maximum atomic E-state index is 12.0. The Hall–Kier alpha value is -0.150. The van der Waals surface area contributed by atoms with Gasteiger partial charge in [0.15, 0.2) is 0 Å². The molecule has 3 heteroatoms. The predicted molar refractivity (Wildman–Crippen MR) is 34.8 cm³/mol. The van der Waals surface area contributed by atoms with Gasteiger partial charge in [0.1, 0.15) is 0 Å². The van der Waals surface area contributed by atoms with Gasteiger partial charge in [-0.15, -0.1) is 9.60 Å². The number of methoxy groups -OCH3 is 1. The van der Waals surface area contributed by atoms with Gasteiger partial charge in [0.2, 0.25) is 0 Å². The summed E-state index contributed by atoms with van der Waals surface area (Å²) in [5.41, 5.74) is 0. The molecule has 0 amide bonds. The molecule has 0 aliphatic rings. The van der Waals surface area contributed by atoms with Crippen LogP contribution in [0, 0.1) is 0 Å². The van der Waals surface area contributed by atoms with Gasteiger partial charge in [-0.25, -0.2) is 0 Å². The highest BCUT2D eigenvalue weighted by atomic mass is 19.2. The second kappa shape index (κ2) is 4.70. The summed E-state index contributed by atoms with van der Waals surface area (Å²) >= 11 is 0. The van der Waals surface area contributed by atoms with Crippen LogP contribution in [0.2, 0.25) is 0 Å². The lowest BCUT2D eigenvalue weighted by molar-refractivity contribution is 0.0308. The van der Waals surface area contributed by atoms with E-state index in [0.717, 1.165) is 6.42 Å². The molecule has 0 rings (SSSR count). The first-order valence-electron chi connectivity index (χ1n) is 3.06. The van der Waals surface area contributed by atoms with E-state index in [9.17, 15) is 4.48 Å². The molecule has 0 N–H and O–H groups in total. The average Bonchev–Trinajstić information content (AvgIpc) is 1.83. The normalized spacial score (nSPS) is 14.3. The largest absolute Gasteiger partial charge is 0.382 e. The number of hydrogen-bond donors (Lipinski definition) is 0. The Balaban J connectivity index is 3.06. The van der Waals surface area contributed by atoms with Crippen LogP contribution in [-0.4, -0.2) is 31.9 Å². The summed E-state index contributed by atoms with van der Waals surface area (Å²) in [6.07, 6.45) is 0.895. The monoisotopic (exact) mass is 135 g/mol.